The molecule has 14 aromatic rings. The van der Waals surface area contributed by atoms with Crippen LogP contribution in [0.3, 0.4) is 0 Å². The quantitative estimate of drug-likeness (QED) is 0.0945. The molecule has 3 heterocycles. The number of anilines is 6. The van der Waals surface area contributed by atoms with E-state index in [1.165, 1.54) is 93.8 Å². The van der Waals surface area contributed by atoms with Crippen LogP contribution >= 0.6 is 0 Å². The van der Waals surface area contributed by atoms with E-state index < -0.39 is 10.8 Å². The highest BCUT2D eigenvalue weighted by molar-refractivity contribution is 7.00. The lowest BCUT2D eigenvalue weighted by atomic mass is 9.33. The molecule has 16 rings (SSSR count). The molecule has 13 aromatic carbocycles. The third-order valence-electron chi connectivity index (χ3n) is 20.0. The first kappa shape index (κ1) is 56.6. The maximum atomic E-state index is 2.64. The third kappa shape index (κ3) is 8.86. The Hall–Kier alpha value is -10.7. The van der Waals surface area contributed by atoms with Gasteiger partial charge in [-0.2, -0.15) is 0 Å². The van der Waals surface area contributed by atoms with Gasteiger partial charge in [-0.3, -0.25) is 0 Å². The molecule has 442 valence electrons. The zero-order valence-corrected chi connectivity index (χ0v) is 53.1. The average molecular weight is 1180 g/mol. The van der Waals surface area contributed by atoms with E-state index in [-0.39, 0.29) is 17.5 Å². The highest BCUT2D eigenvalue weighted by Crippen LogP contribution is 2.54. The molecule has 0 N–H and O–H groups in total. The summed E-state index contributed by atoms with van der Waals surface area (Å²) in [5.41, 5.74) is 24.5. The van der Waals surface area contributed by atoms with Gasteiger partial charge in [0.05, 0.1) is 33.2 Å². The topological polar surface area (TPSA) is 11.4 Å². The van der Waals surface area contributed by atoms with Crippen molar-refractivity contribution < 1.29 is 0 Å². The van der Waals surface area contributed by atoms with Crippen molar-refractivity contribution >= 4 is 79.0 Å². The van der Waals surface area contributed by atoms with Gasteiger partial charge in [-0.05, 0) is 150 Å². The fraction of sp³-hybridized carbons (Fsp3) is 0.114. The third-order valence-corrected chi connectivity index (χ3v) is 20.0. The number of hydrogen-bond acceptors (Lipinski definition) is 2. The Morgan fingerprint density at radius 2 is 0.620 bits per heavy atom. The highest BCUT2D eigenvalue weighted by atomic mass is 15.2. The zero-order chi connectivity index (χ0) is 62.3. The van der Waals surface area contributed by atoms with Gasteiger partial charge in [0.25, 0.3) is 6.71 Å². The summed E-state index contributed by atoms with van der Waals surface area (Å²) in [5.74, 6) is 0. The Bertz CT molecular complexity index is 4780. The molecule has 0 unspecified atom stereocenters. The molecule has 2 aliphatic heterocycles. The van der Waals surface area contributed by atoms with Crippen LogP contribution in [-0.4, -0.2) is 11.3 Å². The molecule has 0 spiro atoms. The smallest absolute Gasteiger partial charge is 0.252 e. The monoisotopic (exact) mass is 1180 g/mol. The number of fused-ring (bicyclic) bond motifs is 7. The molecule has 0 atom stereocenters. The maximum absolute atomic E-state index is 2.64. The second-order valence-corrected chi connectivity index (χ2v) is 27.2. The fourth-order valence-electron chi connectivity index (χ4n) is 15.7. The lowest BCUT2D eigenvalue weighted by Crippen LogP contribution is -2.61. The minimum absolute atomic E-state index is 0.0629. The van der Waals surface area contributed by atoms with Crippen molar-refractivity contribution in [2.75, 3.05) is 9.80 Å². The van der Waals surface area contributed by atoms with E-state index in [9.17, 15) is 0 Å². The molecule has 0 radical (unpaired) electrons. The Balaban J connectivity index is 1.06. The average Bonchev–Trinajstić information content (AvgIpc) is 0.803. The lowest BCUT2D eigenvalue weighted by Gasteiger charge is -2.46. The van der Waals surface area contributed by atoms with Crippen LogP contribution in [0, 0.1) is 0 Å². The van der Waals surface area contributed by atoms with Crippen LogP contribution in [-0.2, 0) is 21.7 Å². The second-order valence-electron chi connectivity index (χ2n) is 27.2. The maximum Gasteiger partial charge on any atom is 0.252 e. The van der Waals surface area contributed by atoms with Crippen LogP contribution in [0.15, 0.2) is 328 Å². The Labute approximate surface area is 542 Å². The molecule has 1 aromatic heterocycles. The van der Waals surface area contributed by atoms with Gasteiger partial charge in [-0.25, -0.2) is 0 Å². The minimum atomic E-state index is -0.756. The van der Waals surface area contributed by atoms with Crippen LogP contribution in [0.5, 0.6) is 0 Å². The summed E-state index contributed by atoms with van der Waals surface area (Å²) >= 11 is 0. The van der Waals surface area contributed by atoms with Gasteiger partial charge in [-0.15, -0.1) is 0 Å². The molecule has 0 amide bonds. The van der Waals surface area contributed by atoms with Crippen molar-refractivity contribution in [3.63, 3.8) is 0 Å². The summed E-state index contributed by atoms with van der Waals surface area (Å²) in [7, 11) is 0. The number of rotatable bonds is 11. The van der Waals surface area contributed by atoms with E-state index in [0.29, 0.717) is 0 Å². The van der Waals surface area contributed by atoms with E-state index in [0.717, 1.165) is 39.8 Å². The summed E-state index contributed by atoms with van der Waals surface area (Å²) in [6, 6.07) is 124. The van der Waals surface area contributed by atoms with Gasteiger partial charge >= 0.3 is 0 Å². The normalized spacial score (nSPS) is 13.0. The summed E-state index contributed by atoms with van der Waals surface area (Å²) < 4.78 is 2.57. The molecule has 4 heteroatoms. The Morgan fingerprint density at radius 3 is 1.08 bits per heavy atom. The molecule has 2 aliphatic rings. The van der Waals surface area contributed by atoms with Crippen molar-refractivity contribution in [3.05, 3.63) is 383 Å². The van der Waals surface area contributed by atoms with Crippen LogP contribution in [0.25, 0.3) is 27.5 Å². The number of para-hydroxylation sites is 3. The second kappa shape index (κ2) is 22.1. The van der Waals surface area contributed by atoms with E-state index in [4.69, 9.17) is 0 Å². The minimum Gasteiger partial charge on any atom is -0.311 e. The zero-order valence-electron chi connectivity index (χ0n) is 53.1. The van der Waals surface area contributed by atoms with Crippen molar-refractivity contribution in [1.29, 1.82) is 0 Å². The molecule has 92 heavy (non-hydrogen) atoms. The number of benzene rings is 13. The summed E-state index contributed by atoms with van der Waals surface area (Å²) in [5, 5.41) is 2.50. The van der Waals surface area contributed by atoms with Crippen molar-refractivity contribution in [2.45, 2.75) is 63.2 Å². The first-order chi connectivity index (χ1) is 44.9. The summed E-state index contributed by atoms with van der Waals surface area (Å²) in [6.07, 6.45) is 0. The van der Waals surface area contributed by atoms with Crippen LogP contribution < -0.4 is 26.2 Å². The molecular weight excluding hydrogens is 1110 g/mol. The van der Waals surface area contributed by atoms with Crippen LogP contribution in [0.4, 0.5) is 34.1 Å². The van der Waals surface area contributed by atoms with Crippen LogP contribution in [0.1, 0.15) is 97.2 Å². The van der Waals surface area contributed by atoms with Gasteiger partial charge in [0.15, 0.2) is 0 Å². The molecule has 0 fully saturated rings. The molecule has 0 saturated carbocycles. The fourth-order valence-corrected chi connectivity index (χ4v) is 15.7. The van der Waals surface area contributed by atoms with Crippen molar-refractivity contribution in [1.82, 2.24) is 4.57 Å². The summed E-state index contributed by atoms with van der Waals surface area (Å²) in [4.78, 5) is 5.25. The number of aromatic nitrogens is 1. The molecule has 3 nitrogen and oxygen atoms in total. The van der Waals surface area contributed by atoms with E-state index in [1.54, 1.807) is 0 Å². The van der Waals surface area contributed by atoms with Gasteiger partial charge in [-0.1, -0.05) is 302 Å². The predicted octanol–water partition coefficient (Wildman–Crippen LogP) is 20.2. The lowest BCUT2D eigenvalue weighted by molar-refractivity contribution is 0.590. The Kier molecular flexibility index (Phi) is 13.6. The first-order valence-corrected chi connectivity index (χ1v) is 32.5. The van der Waals surface area contributed by atoms with Crippen LogP contribution in [0.2, 0.25) is 0 Å². The molecular formula is C88H72BN3. The first-order valence-electron chi connectivity index (χ1n) is 32.5. The number of hydrogen-bond donors (Lipinski definition) is 0. The van der Waals surface area contributed by atoms with Crippen molar-refractivity contribution in [2.24, 2.45) is 0 Å². The van der Waals surface area contributed by atoms with Crippen molar-refractivity contribution in [3.8, 4) is 5.69 Å². The predicted molar refractivity (Wildman–Crippen MR) is 389 cm³/mol. The standard InChI is InChI=1S/C88H72BN3/c1-85(2,3)67-51-54-77-72(56-67)73-57-68(86(4,5)6)52-55-78(73)91(77)71-59-82-84-83(60-71)92(79-48-30-28-46-74(79)88(64-38-20-10-21-39-64,65-40-22-11-23-41-65)66-42-24-12-25-43-66)80-49-31-29-47-75(80)89(84)76-53-50-69(58-81(76)90(82)70-44-26-13-27-45-70)87(61-32-14-7-15-33-61,62-34-16-8-17-35-62)63-36-18-9-19-37-63/h7-60H,1-6H3. The van der Waals surface area contributed by atoms with E-state index in [1.807, 2.05) is 0 Å². The highest BCUT2D eigenvalue weighted by Gasteiger charge is 2.48. The van der Waals surface area contributed by atoms with Gasteiger partial charge in [0.1, 0.15) is 0 Å². The van der Waals surface area contributed by atoms with Gasteiger partial charge in [0, 0.05) is 39.2 Å². The largest absolute Gasteiger partial charge is 0.311 e. The molecule has 0 saturated heterocycles. The van der Waals surface area contributed by atoms with Gasteiger partial charge in [0.2, 0.25) is 0 Å². The Morgan fingerprint density at radius 1 is 0.250 bits per heavy atom. The molecule has 0 bridgehead atoms. The van der Waals surface area contributed by atoms with E-state index >= 15 is 0 Å². The summed E-state index contributed by atoms with van der Waals surface area (Å²) in [6.45, 7) is 13.8. The molecule has 0 aliphatic carbocycles. The van der Waals surface area contributed by atoms with E-state index in [2.05, 4.69) is 383 Å². The SMILES string of the molecule is CC(C)(C)c1ccc2c(c1)c1cc(C(C)(C)C)ccc1n2-c1cc2c3c(c1)N(c1ccccc1C(c1ccccc1)(c1ccccc1)c1ccccc1)c1ccccc1B3c1ccc(C(c3ccccc3)(c3ccccc3)c3ccccc3)cc1N2c1ccccc1. The number of nitrogens with zero attached hydrogens (tertiary/aromatic N) is 3. The van der Waals surface area contributed by atoms with Gasteiger partial charge < -0.3 is 14.4 Å².